The Morgan fingerprint density at radius 2 is 1.76 bits per heavy atom. The second-order valence-electron chi connectivity index (χ2n) is 13.8. The van der Waals surface area contributed by atoms with E-state index in [0.29, 0.717) is 12.3 Å². The van der Waals surface area contributed by atoms with Crippen molar-refractivity contribution in [2.24, 2.45) is 5.41 Å². The molecule has 23 nitrogen and oxygen atoms in total. The van der Waals surface area contributed by atoms with Gasteiger partial charge in [-0.1, -0.05) is 49.8 Å². The Morgan fingerprint density at radius 1 is 1.05 bits per heavy atom. The van der Waals surface area contributed by atoms with Crippen LogP contribution in [0.3, 0.4) is 0 Å². The predicted molar refractivity (Wildman–Crippen MR) is 205 cm³/mol. The first-order valence-electron chi connectivity index (χ1n) is 17.4. The highest BCUT2D eigenvalue weighted by molar-refractivity contribution is 7.99. The number of anilines is 1. The first kappa shape index (κ1) is 45.9. The third kappa shape index (κ3) is 11.8. The van der Waals surface area contributed by atoms with Crippen molar-refractivity contribution in [1.82, 2.24) is 30.2 Å². The van der Waals surface area contributed by atoms with Crippen molar-refractivity contribution in [2.75, 3.05) is 37.8 Å². The van der Waals surface area contributed by atoms with Crippen LogP contribution in [-0.2, 0) is 45.9 Å². The van der Waals surface area contributed by atoms with Gasteiger partial charge in [-0.3, -0.25) is 27.7 Å². The molecule has 3 unspecified atom stereocenters. The highest BCUT2D eigenvalue weighted by atomic mass is 32.2. The van der Waals surface area contributed by atoms with E-state index in [-0.39, 0.29) is 41.1 Å². The zero-order valence-electron chi connectivity index (χ0n) is 31.1. The lowest BCUT2D eigenvalue weighted by Crippen LogP contribution is -2.46. The molecule has 10 N–H and O–H groups in total. The molecule has 5 rings (SSSR count). The van der Waals surface area contributed by atoms with Crippen LogP contribution in [0.5, 0.6) is 0 Å². The number of imidazole rings is 1. The van der Waals surface area contributed by atoms with Gasteiger partial charge in [-0.15, -0.1) is 11.8 Å². The van der Waals surface area contributed by atoms with Gasteiger partial charge in [-0.05, 0) is 18.1 Å². The third-order valence-corrected chi connectivity index (χ3v) is 13.4. The summed E-state index contributed by atoms with van der Waals surface area (Å²) in [4.78, 5) is 76.1. The maximum Gasteiger partial charge on any atom is 0.481 e. The molecule has 1 aromatic carbocycles. The van der Waals surface area contributed by atoms with E-state index in [1.54, 1.807) is 11.8 Å². The van der Waals surface area contributed by atoms with Gasteiger partial charge in [0, 0.05) is 30.7 Å². The molecule has 58 heavy (non-hydrogen) atoms. The van der Waals surface area contributed by atoms with Gasteiger partial charge in [0.2, 0.25) is 11.8 Å². The van der Waals surface area contributed by atoms with Crippen molar-refractivity contribution in [3.63, 3.8) is 0 Å². The summed E-state index contributed by atoms with van der Waals surface area (Å²) in [5.74, 6) is -0.657. The number of nitrogens with two attached hydrogens (primary N) is 1. The molecule has 1 fully saturated rings. The number of ether oxygens (including phenoxy) is 1. The fraction of sp³-hybridized carbons (Fsp3) is 0.516. The highest BCUT2D eigenvalue weighted by Gasteiger charge is 2.50. The number of fused-ring (bicyclic) bond motifs is 2. The summed E-state index contributed by atoms with van der Waals surface area (Å²) in [6.45, 7) is 2.89. The number of nitrogens with zero attached hydrogens (tertiary/aromatic N) is 4. The third-order valence-electron chi connectivity index (χ3n) is 8.86. The number of rotatable bonds is 20. The number of aliphatic hydroxyl groups excluding tert-OH is 2. The number of hydrogen-bond acceptors (Lipinski definition) is 17. The number of hydrogen-bond donors (Lipinski definition) is 9. The lowest BCUT2D eigenvalue weighted by Gasteiger charge is -2.30. The first-order chi connectivity index (χ1) is 27.1. The Morgan fingerprint density at radius 3 is 2.48 bits per heavy atom. The average Bonchev–Trinajstić information content (AvgIpc) is 3.80. The second-order valence-corrected chi connectivity index (χ2v) is 19.3. The molecule has 0 bridgehead atoms. The molecule has 0 radical (unpaired) electrons. The van der Waals surface area contributed by atoms with E-state index in [2.05, 4.69) is 59.6 Å². The number of benzene rings is 1. The van der Waals surface area contributed by atoms with Gasteiger partial charge in [-0.2, -0.15) is 4.31 Å². The maximum atomic E-state index is 12.7. The van der Waals surface area contributed by atoms with Crippen molar-refractivity contribution in [2.45, 2.75) is 63.1 Å². The van der Waals surface area contributed by atoms with Gasteiger partial charge in [0.25, 0.3) is 0 Å². The number of carbonyl (C=O) groups is 2. The SMILES string of the molecule is CC1=Cc2ccccc2C1SCCNC(=O)CCNC(=O)[C@H](O)C(C)(C)COP(=O)(O)OP(=O)(O)OC[C@H]1O[C@@H](n2cnc3c(N)ncnc32)[C@H](O)[C@@H]1OP(=O)(O)O. The van der Waals surface area contributed by atoms with E-state index in [1.807, 2.05) is 12.1 Å². The second kappa shape index (κ2) is 18.6. The van der Waals surface area contributed by atoms with Gasteiger partial charge in [0.1, 0.15) is 36.3 Å². The standard InChI is InChI=1S/C31H44N7O16P3S/c1-17-12-18-6-4-5-7-19(18)25(17)58-11-10-33-21(39)8-9-34-29(42)26(41)31(2,3)14-51-57(48,49)54-56(46,47)50-13-20-24(53-55(43,44)45)23(40)30(52-20)38-16-37-22-27(32)35-15-36-28(22)38/h4-7,12,15-16,20,23-26,30,40-41H,8-11,13-14H2,1-3H3,(H,33,39)(H,34,42)(H,46,47)(H,48,49)(H2,32,35,36)(H2,43,44,45)/t20-,23-,24-,25?,26+,30-/m1/s1. The quantitative estimate of drug-likeness (QED) is 0.0570. The zero-order valence-corrected chi connectivity index (χ0v) is 34.6. The Labute approximate surface area is 335 Å². The molecule has 320 valence electrons. The van der Waals surface area contributed by atoms with Gasteiger partial charge in [0.15, 0.2) is 17.7 Å². The zero-order chi connectivity index (χ0) is 42.6. The fourth-order valence-electron chi connectivity index (χ4n) is 5.98. The first-order valence-corrected chi connectivity index (χ1v) is 22.9. The molecule has 3 aromatic rings. The number of aromatic nitrogens is 4. The van der Waals surface area contributed by atoms with Crippen LogP contribution >= 0.6 is 35.2 Å². The molecular weight excluding hydrogens is 851 g/mol. The van der Waals surface area contributed by atoms with Crippen LogP contribution in [0.15, 0.2) is 42.5 Å². The summed E-state index contributed by atoms with van der Waals surface area (Å²) in [5.41, 5.74) is 7.94. The van der Waals surface area contributed by atoms with Crippen LogP contribution in [0.25, 0.3) is 17.2 Å². The van der Waals surface area contributed by atoms with Crippen LogP contribution in [-0.4, -0.2) is 118 Å². The molecule has 2 aromatic heterocycles. The normalized spacial score (nSPS) is 23.5. The van der Waals surface area contributed by atoms with Crippen LogP contribution < -0.4 is 16.4 Å². The van der Waals surface area contributed by atoms with E-state index in [0.717, 1.165) is 17.2 Å². The summed E-state index contributed by atoms with van der Waals surface area (Å²) < 4.78 is 62.3. The minimum Gasteiger partial charge on any atom is -0.386 e. The Bertz CT molecular complexity index is 2150. The molecule has 1 aliphatic carbocycles. The minimum atomic E-state index is -5.56. The van der Waals surface area contributed by atoms with Crippen molar-refractivity contribution in [3.8, 4) is 0 Å². The van der Waals surface area contributed by atoms with Crippen LogP contribution in [0.1, 0.15) is 49.8 Å². The lowest BCUT2D eigenvalue weighted by atomic mass is 9.87. The molecule has 1 saturated heterocycles. The topological polar surface area (TPSA) is 347 Å². The van der Waals surface area contributed by atoms with Gasteiger partial charge in [-0.25, -0.2) is 28.6 Å². The van der Waals surface area contributed by atoms with E-state index < -0.39 is 78.6 Å². The number of nitrogen functional groups attached to an aromatic ring is 1. The van der Waals surface area contributed by atoms with E-state index >= 15 is 0 Å². The molecular formula is C31H44N7O16P3S. The maximum absolute atomic E-state index is 12.7. The number of amides is 2. The van der Waals surface area contributed by atoms with Crippen molar-refractivity contribution in [3.05, 3.63) is 53.6 Å². The average molecular weight is 896 g/mol. The summed E-state index contributed by atoms with van der Waals surface area (Å²) >= 11 is 1.70. The molecule has 2 aliphatic rings. The monoisotopic (exact) mass is 895 g/mol. The largest absolute Gasteiger partial charge is 0.481 e. The number of aliphatic hydroxyl groups is 2. The highest BCUT2D eigenvalue weighted by Crippen LogP contribution is 2.61. The van der Waals surface area contributed by atoms with Gasteiger partial charge < -0.3 is 50.9 Å². The van der Waals surface area contributed by atoms with Crippen LogP contribution in [0.2, 0.25) is 0 Å². The Hall–Kier alpha value is -3.15. The van der Waals surface area contributed by atoms with Gasteiger partial charge >= 0.3 is 23.5 Å². The molecule has 1 aliphatic heterocycles. The number of nitrogens with one attached hydrogen (secondary N) is 2. The number of phosphoric acid groups is 3. The summed E-state index contributed by atoms with van der Waals surface area (Å²) in [6, 6.07) is 8.10. The van der Waals surface area contributed by atoms with E-state index in [4.69, 9.17) is 19.5 Å². The van der Waals surface area contributed by atoms with Crippen molar-refractivity contribution >= 4 is 70.1 Å². The van der Waals surface area contributed by atoms with Crippen LogP contribution in [0, 0.1) is 5.41 Å². The Kier molecular flexibility index (Phi) is 14.8. The van der Waals surface area contributed by atoms with Crippen molar-refractivity contribution < 1.29 is 75.7 Å². The lowest BCUT2D eigenvalue weighted by molar-refractivity contribution is -0.137. The Balaban J connectivity index is 1.06. The van der Waals surface area contributed by atoms with Crippen molar-refractivity contribution in [1.29, 1.82) is 0 Å². The predicted octanol–water partition coefficient (Wildman–Crippen LogP) is 1.30. The number of phosphoric ester groups is 3. The smallest absolute Gasteiger partial charge is 0.386 e. The molecule has 0 saturated carbocycles. The summed E-state index contributed by atoms with van der Waals surface area (Å²) in [5, 5.41) is 26.9. The van der Waals surface area contributed by atoms with Gasteiger partial charge in [0.05, 0.1) is 24.8 Å². The molecule has 8 atom stereocenters. The molecule has 27 heteroatoms. The molecule has 0 spiro atoms. The van der Waals surface area contributed by atoms with E-state index in [9.17, 15) is 53.1 Å². The molecule has 3 heterocycles. The number of carbonyl (C=O) groups excluding carboxylic acids is 2. The number of thioether (sulfide) groups is 1. The van der Waals surface area contributed by atoms with E-state index in [1.165, 1.54) is 30.5 Å². The summed E-state index contributed by atoms with van der Waals surface area (Å²) in [7, 11) is -16.4. The summed E-state index contributed by atoms with van der Waals surface area (Å²) in [6.07, 6.45) is -4.62. The fourth-order valence-corrected chi connectivity index (χ4v) is 9.99. The van der Waals surface area contributed by atoms with Crippen LogP contribution in [0.4, 0.5) is 5.82 Å². The molecule has 2 amide bonds. The minimum absolute atomic E-state index is 0.0360.